The number of nitrogens with zero attached hydrogens (tertiary/aromatic N) is 1. The van der Waals surface area contributed by atoms with Gasteiger partial charge in [0.2, 0.25) is 0 Å². The van der Waals surface area contributed by atoms with E-state index in [1.807, 2.05) is 0 Å². The highest BCUT2D eigenvalue weighted by molar-refractivity contribution is 4.84. The van der Waals surface area contributed by atoms with Crippen LogP contribution in [0.1, 0.15) is 6.42 Å². The van der Waals surface area contributed by atoms with Crippen molar-refractivity contribution in [2.24, 2.45) is 0 Å². The Bertz CT molecular complexity index is 152. The number of hydrogen-bond donors (Lipinski definition) is 0. The van der Waals surface area contributed by atoms with E-state index in [-0.39, 0.29) is 18.4 Å². The Morgan fingerprint density at radius 3 is 2.57 bits per heavy atom. The second-order valence-corrected chi connectivity index (χ2v) is 3.20. The monoisotopic (exact) mass is 204 g/mol. The molecule has 0 amide bonds. The minimum absolute atomic E-state index is 0.0758. The molecule has 0 spiro atoms. The Hall–Kier alpha value is -0.200. The molecule has 0 bridgehead atoms. The second kappa shape index (κ2) is 6.31. The quantitative estimate of drug-likeness (QED) is 0.570. The van der Waals surface area contributed by atoms with E-state index in [2.05, 4.69) is 5.32 Å². The molecular formula is C9H18NO4. The van der Waals surface area contributed by atoms with Crippen LogP contribution in [-0.2, 0) is 18.9 Å². The van der Waals surface area contributed by atoms with E-state index in [0.717, 1.165) is 6.42 Å². The molecule has 1 saturated heterocycles. The van der Waals surface area contributed by atoms with Gasteiger partial charge in [-0.3, -0.25) is 0 Å². The molecule has 14 heavy (non-hydrogen) atoms. The Kier molecular flexibility index (Phi) is 5.36. The standard InChI is InChI=1S/C9H18NO4/c1-11-6-14-7-4-8(10-5-7)9(12-2)13-3/h7-9H,4-6H2,1-3H3. The average molecular weight is 204 g/mol. The number of hydrogen-bond acceptors (Lipinski definition) is 4. The van der Waals surface area contributed by atoms with Gasteiger partial charge in [-0.15, -0.1) is 0 Å². The van der Waals surface area contributed by atoms with Crippen LogP contribution in [0.15, 0.2) is 0 Å². The molecular weight excluding hydrogens is 186 g/mol. The van der Waals surface area contributed by atoms with Crippen LogP contribution in [0, 0.1) is 0 Å². The Labute approximate surface area is 84.7 Å². The predicted molar refractivity (Wildman–Crippen MR) is 50.0 cm³/mol. The van der Waals surface area contributed by atoms with Crippen molar-refractivity contribution in [3.8, 4) is 0 Å². The number of methoxy groups -OCH3 is 3. The summed E-state index contributed by atoms with van der Waals surface area (Å²) in [6, 6.07) is 0.0758. The largest absolute Gasteiger partial charge is 0.359 e. The van der Waals surface area contributed by atoms with Crippen LogP contribution in [0.25, 0.3) is 0 Å². The maximum absolute atomic E-state index is 5.39. The van der Waals surface area contributed by atoms with Crippen molar-refractivity contribution in [3.05, 3.63) is 0 Å². The molecule has 83 valence electrons. The minimum atomic E-state index is -0.258. The van der Waals surface area contributed by atoms with Crippen molar-refractivity contribution in [1.29, 1.82) is 0 Å². The van der Waals surface area contributed by atoms with E-state index >= 15 is 0 Å². The smallest absolute Gasteiger partial charge is 0.173 e. The van der Waals surface area contributed by atoms with Crippen LogP contribution < -0.4 is 5.32 Å². The summed E-state index contributed by atoms with van der Waals surface area (Å²) in [6.45, 7) is 1.01. The topological polar surface area (TPSA) is 51.0 Å². The summed E-state index contributed by atoms with van der Waals surface area (Å²) in [4.78, 5) is 0. The van der Waals surface area contributed by atoms with Gasteiger partial charge in [-0.25, -0.2) is 5.32 Å². The number of ether oxygens (including phenoxy) is 4. The first-order chi connectivity index (χ1) is 6.81. The lowest BCUT2D eigenvalue weighted by Crippen LogP contribution is -2.33. The summed E-state index contributed by atoms with van der Waals surface area (Å²) >= 11 is 0. The third-order valence-corrected chi connectivity index (χ3v) is 2.25. The fourth-order valence-electron chi connectivity index (χ4n) is 1.56. The van der Waals surface area contributed by atoms with E-state index in [0.29, 0.717) is 13.3 Å². The molecule has 0 aliphatic carbocycles. The molecule has 0 aromatic rings. The van der Waals surface area contributed by atoms with Gasteiger partial charge in [-0.2, -0.15) is 0 Å². The highest BCUT2D eigenvalue weighted by atomic mass is 16.7. The Balaban J connectivity index is 2.25. The van der Waals surface area contributed by atoms with Gasteiger partial charge in [0.25, 0.3) is 0 Å². The maximum atomic E-state index is 5.39. The van der Waals surface area contributed by atoms with Crippen LogP contribution in [0.2, 0.25) is 0 Å². The minimum Gasteiger partial charge on any atom is -0.359 e. The molecule has 1 aliphatic heterocycles. The predicted octanol–water partition coefficient (Wildman–Crippen LogP) is -0.0289. The molecule has 1 aliphatic rings. The molecule has 1 rings (SSSR count). The molecule has 0 saturated carbocycles. The van der Waals surface area contributed by atoms with Gasteiger partial charge < -0.3 is 18.9 Å². The highest BCUT2D eigenvalue weighted by Gasteiger charge is 2.32. The van der Waals surface area contributed by atoms with Crippen LogP contribution in [0.4, 0.5) is 0 Å². The normalized spacial score (nSPS) is 27.4. The van der Waals surface area contributed by atoms with Crippen molar-refractivity contribution < 1.29 is 18.9 Å². The van der Waals surface area contributed by atoms with Gasteiger partial charge in [0.15, 0.2) is 6.29 Å². The third kappa shape index (κ3) is 3.18. The summed E-state index contributed by atoms with van der Waals surface area (Å²) < 4.78 is 20.5. The molecule has 5 heteroatoms. The Morgan fingerprint density at radius 1 is 1.29 bits per heavy atom. The molecule has 1 radical (unpaired) electrons. The number of rotatable bonds is 6. The van der Waals surface area contributed by atoms with Gasteiger partial charge in [0, 0.05) is 27.9 Å². The lowest BCUT2D eigenvalue weighted by atomic mass is 10.2. The fourth-order valence-corrected chi connectivity index (χ4v) is 1.56. The van der Waals surface area contributed by atoms with Crippen molar-refractivity contribution in [2.75, 3.05) is 34.7 Å². The first-order valence-electron chi connectivity index (χ1n) is 4.64. The van der Waals surface area contributed by atoms with Crippen LogP contribution in [0.3, 0.4) is 0 Å². The maximum Gasteiger partial charge on any atom is 0.173 e. The summed E-state index contributed by atoms with van der Waals surface area (Å²) in [6.07, 6.45) is 0.703. The SMILES string of the molecule is COCOC1C[N]C(C(OC)OC)C1. The van der Waals surface area contributed by atoms with Gasteiger partial charge in [-0.05, 0) is 6.42 Å². The van der Waals surface area contributed by atoms with Crippen molar-refractivity contribution in [1.82, 2.24) is 5.32 Å². The molecule has 5 nitrogen and oxygen atoms in total. The molecule has 2 unspecified atom stereocenters. The molecule has 1 fully saturated rings. The van der Waals surface area contributed by atoms with E-state index in [9.17, 15) is 0 Å². The average Bonchev–Trinajstić information content (AvgIpc) is 2.65. The van der Waals surface area contributed by atoms with Crippen molar-refractivity contribution in [2.45, 2.75) is 24.9 Å². The van der Waals surface area contributed by atoms with Crippen LogP contribution in [-0.4, -0.2) is 53.1 Å². The van der Waals surface area contributed by atoms with E-state index < -0.39 is 0 Å². The van der Waals surface area contributed by atoms with Crippen molar-refractivity contribution in [3.63, 3.8) is 0 Å². The molecule has 0 N–H and O–H groups in total. The first-order valence-corrected chi connectivity index (χ1v) is 4.64. The summed E-state index contributed by atoms with van der Waals surface area (Å²) in [5.41, 5.74) is 0. The van der Waals surface area contributed by atoms with Gasteiger partial charge in [0.05, 0.1) is 12.1 Å². The van der Waals surface area contributed by atoms with Crippen LogP contribution >= 0.6 is 0 Å². The molecule has 0 aromatic heterocycles. The van der Waals surface area contributed by atoms with Crippen molar-refractivity contribution >= 4 is 0 Å². The molecule has 2 atom stereocenters. The lowest BCUT2D eigenvalue weighted by Gasteiger charge is -2.19. The zero-order valence-electron chi connectivity index (χ0n) is 8.93. The van der Waals surface area contributed by atoms with Gasteiger partial charge >= 0.3 is 0 Å². The zero-order valence-corrected chi connectivity index (χ0v) is 8.93. The van der Waals surface area contributed by atoms with Crippen LogP contribution in [0.5, 0.6) is 0 Å². The summed E-state index contributed by atoms with van der Waals surface area (Å²) in [5.74, 6) is 0. The lowest BCUT2D eigenvalue weighted by molar-refractivity contribution is -0.124. The van der Waals surface area contributed by atoms with E-state index in [1.165, 1.54) is 0 Å². The fraction of sp³-hybridized carbons (Fsp3) is 1.00. The second-order valence-electron chi connectivity index (χ2n) is 3.20. The van der Waals surface area contributed by atoms with Gasteiger partial charge in [-0.1, -0.05) is 0 Å². The van der Waals surface area contributed by atoms with Gasteiger partial charge in [0.1, 0.15) is 6.79 Å². The summed E-state index contributed by atoms with van der Waals surface area (Å²) in [5, 5.41) is 4.38. The third-order valence-electron chi connectivity index (χ3n) is 2.25. The van der Waals surface area contributed by atoms with E-state index in [4.69, 9.17) is 18.9 Å². The van der Waals surface area contributed by atoms with E-state index in [1.54, 1.807) is 21.3 Å². The first kappa shape index (κ1) is 11.9. The highest BCUT2D eigenvalue weighted by Crippen LogP contribution is 2.17. The summed E-state index contributed by atoms with van der Waals surface area (Å²) in [7, 11) is 4.84. The zero-order chi connectivity index (χ0) is 10.4. The Morgan fingerprint density at radius 2 is 2.00 bits per heavy atom. The molecule has 1 heterocycles. The molecule has 0 aromatic carbocycles.